The molecule has 2 bridgehead atoms. The molecule has 0 radical (unpaired) electrons. The maximum Gasteiger partial charge on any atom is 0.407 e. The number of imidazole rings is 1. The van der Waals surface area contributed by atoms with Gasteiger partial charge in [-0.25, -0.2) is 14.2 Å². The van der Waals surface area contributed by atoms with Gasteiger partial charge in [0.25, 0.3) is 0 Å². The molecule has 1 aromatic heterocycles. The molecule has 2 aromatic rings. The van der Waals surface area contributed by atoms with Crippen LogP contribution in [0, 0.1) is 12.7 Å². The van der Waals surface area contributed by atoms with Crippen LogP contribution in [0.25, 0.3) is 0 Å². The van der Waals surface area contributed by atoms with Crippen LogP contribution in [0.15, 0.2) is 24.3 Å². The van der Waals surface area contributed by atoms with Crippen molar-refractivity contribution in [1.82, 2.24) is 24.7 Å². The molecule has 2 fully saturated rings. The number of aromatic nitrogens is 2. The summed E-state index contributed by atoms with van der Waals surface area (Å²) in [5, 5.41) is 12.4. The van der Waals surface area contributed by atoms with Crippen LogP contribution >= 0.6 is 0 Å². The van der Waals surface area contributed by atoms with Crippen LogP contribution in [0.5, 0.6) is 0 Å². The molecule has 2 N–H and O–H groups in total. The summed E-state index contributed by atoms with van der Waals surface area (Å²) in [4.78, 5) is 32.0. The quantitative estimate of drug-likeness (QED) is 0.652. The van der Waals surface area contributed by atoms with Gasteiger partial charge in [-0.15, -0.1) is 0 Å². The van der Waals surface area contributed by atoms with Crippen LogP contribution in [0.3, 0.4) is 0 Å². The lowest BCUT2D eigenvalue weighted by Crippen LogP contribution is -2.45. The molecule has 8 nitrogen and oxygen atoms in total. The minimum Gasteiger partial charge on any atom is -0.465 e. The predicted octanol–water partition coefficient (Wildman–Crippen LogP) is 3.80. The molecule has 3 aliphatic rings. The molecule has 188 valence electrons. The molecule has 4 heterocycles. The van der Waals surface area contributed by atoms with E-state index in [-0.39, 0.29) is 17.8 Å². The van der Waals surface area contributed by atoms with Crippen molar-refractivity contribution in [3.8, 4) is 0 Å². The first-order chi connectivity index (χ1) is 16.8. The van der Waals surface area contributed by atoms with Crippen molar-refractivity contribution in [2.24, 2.45) is 0 Å². The number of amides is 2. The Hall–Kier alpha value is -2.94. The molecule has 9 heteroatoms. The number of hydrogen-bond donors (Lipinski definition) is 2. The van der Waals surface area contributed by atoms with E-state index < -0.39 is 6.09 Å². The molecule has 2 amide bonds. The fourth-order valence-corrected chi connectivity index (χ4v) is 6.58. The molecule has 3 atom stereocenters. The van der Waals surface area contributed by atoms with Crippen LogP contribution in [-0.4, -0.2) is 61.6 Å². The second-order valence-electron chi connectivity index (χ2n) is 10.2. The van der Waals surface area contributed by atoms with Crippen molar-refractivity contribution in [2.75, 3.05) is 13.1 Å². The maximum atomic E-state index is 13.8. The summed E-state index contributed by atoms with van der Waals surface area (Å²) < 4.78 is 16.2. The van der Waals surface area contributed by atoms with E-state index in [0.717, 1.165) is 55.7 Å². The molecule has 0 spiro atoms. The lowest BCUT2D eigenvalue weighted by Gasteiger charge is -2.41. The van der Waals surface area contributed by atoms with Gasteiger partial charge in [0.15, 0.2) is 0 Å². The Balaban J connectivity index is 1.27. The molecule has 35 heavy (non-hydrogen) atoms. The largest absolute Gasteiger partial charge is 0.465 e. The van der Waals surface area contributed by atoms with E-state index in [2.05, 4.69) is 14.8 Å². The highest BCUT2D eigenvalue weighted by molar-refractivity contribution is 5.73. The van der Waals surface area contributed by atoms with E-state index in [9.17, 15) is 19.1 Å². The smallest absolute Gasteiger partial charge is 0.407 e. The molecule has 1 aromatic carbocycles. The van der Waals surface area contributed by atoms with Gasteiger partial charge in [0.2, 0.25) is 5.91 Å². The van der Waals surface area contributed by atoms with Crippen molar-refractivity contribution in [1.29, 1.82) is 0 Å². The summed E-state index contributed by atoms with van der Waals surface area (Å²) in [6.07, 6.45) is 4.99. The SMILES string of the molecule is CC(=O)N[C@@H](CCN1C2CCC1CC(n1c(C)nc3c1CCN(C(=O)O)C3)C2)c1cccc(F)c1. The number of nitrogens with zero attached hydrogens (tertiary/aromatic N) is 4. The second kappa shape index (κ2) is 9.60. The summed E-state index contributed by atoms with van der Waals surface area (Å²) in [6.45, 7) is 5.29. The van der Waals surface area contributed by atoms with Crippen LogP contribution in [0.2, 0.25) is 0 Å². The molecule has 3 aliphatic heterocycles. The minimum absolute atomic E-state index is 0.109. The number of carbonyl (C=O) groups excluding carboxylic acids is 1. The van der Waals surface area contributed by atoms with Crippen molar-refractivity contribution in [2.45, 2.75) is 83.1 Å². The number of halogens is 1. The number of nitrogens with one attached hydrogen (secondary N) is 1. The fourth-order valence-electron chi connectivity index (χ4n) is 6.58. The number of fused-ring (bicyclic) bond motifs is 3. The lowest BCUT2D eigenvalue weighted by atomic mass is 9.94. The van der Waals surface area contributed by atoms with Gasteiger partial charge in [-0.3, -0.25) is 9.69 Å². The van der Waals surface area contributed by atoms with E-state index in [1.807, 2.05) is 13.0 Å². The fraction of sp³-hybridized carbons (Fsp3) is 0.577. The highest BCUT2D eigenvalue weighted by Gasteiger charge is 2.42. The van der Waals surface area contributed by atoms with Gasteiger partial charge >= 0.3 is 6.09 Å². The molecule has 0 saturated carbocycles. The van der Waals surface area contributed by atoms with Crippen molar-refractivity contribution < 1.29 is 19.1 Å². The van der Waals surface area contributed by atoms with Gasteiger partial charge in [0.05, 0.1) is 18.3 Å². The first kappa shape index (κ1) is 23.8. The third kappa shape index (κ3) is 4.78. The Morgan fingerprint density at radius 3 is 2.63 bits per heavy atom. The summed E-state index contributed by atoms with van der Waals surface area (Å²) in [6, 6.07) is 7.62. The topological polar surface area (TPSA) is 90.7 Å². The van der Waals surface area contributed by atoms with E-state index in [4.69, 9.17) is 4.98 Å². The third-order valence-corrected chi connectivity index (χ3v) is 8.03. The van der Waals surface area contributed by atoms with E-state index >= 15 is 0 Å². The molecule has 2 unspecified atom stereocenters. The summed E-state index contributed by atoms with van der Waals surface area (Å²) in [5.74, 6) is 0.587. The van der Waals surface area contributed by atoms with Gasteiger partial charge in [0, 0.05) is 50.3 Å². The van der Waals surface area contributed by atoms with Gasteiger partial charge in [-0.05, 0) is 56.7 Å². The number of rotatable bonds is 6. The number of hydrogen-bond acceptors (Lipinski definition) is 4. The Labute approximate surface area is 205 Å². The molecule has 5 rings (SSSR count). The predicted molar refractivity (Wildman–Crippen MR) is 128 cm³/mol. The van der Waals surface area contributed by atoms with Crippen molar-refractivity contribution in [3.05, 3.63) is 52.9 Å². The third-order valence-electron chi connectivity index (χ3n) is 8.03. The Morgan fingerprint density at radius 1 is 1.23 bits per heavy atom. The number of carboxylic acid groups (broad SMARTS) is 1. The number of benzene rings is 1. The Kier molecular flexibility index (Phi) is 6.53. The van der Waals surface area contributed by atoms with E-state index in [1.54, 1.807) is 6.07 Å². The zero-order valence-electron chi connectivity index (χ0n) is 20.4. The molecular weight excluding hydrogens is 449 g/mol. The van der Waals surface area contributed by atoms with Gasteiger partial charge in [-0.1, -0.05) is 12.1 Å². The monoisotopic (exact) mass is 483 g/mol. The standard InChI is InChI=1S/C26H34FN5O3/c1-16-28-24-15-30(26(34)35)10-9-25(24)32(16)22-13-20-6-7-21(14-22)31(20)11-8-23(29-17(2)33)18-4-3-5-19(27)12-18/h3-5,12,20-23H,6-11,13-15H2,1-2H3,(H,29,33)(H,34,35)/t20?,21?,22?,23-/m0/s1. The number of aryl methyl sites for hydroxylation is 1. The number of piperidine rings is 1. The minimum atomic E-state index is -0.884. The van der Waals surface area contributed by atoms with Crippen LogP contribution < -0.4 is 5.32 Å². The lowest BCUT2D eigenvalue weighted by molar-refractivity contribution is -0.119. The molecular formula is C26H34FN5O3. The number of carbonyl (C=O) groups is 2. The normalized spacial score (nSPS) is 24.8. The van der Waals surface area contributed by atoms with Gasteiger partial charge in [-0.2, -0.15) is 0 Å². The highest BCUT2D eigenvalue weighted by atomic mass is 19.1. The average Bonchev–Trinajstić information content (AvgIpc) is 3.26. The van der Waals surface area contributed by atoms with Crippen LogP contribution in [-0.2, 0) is 17.8 Å². The maximum absolute atomic E-state index is 13.8. The summed E-state index contributed by atoms with van der Waals surface area (Å²) in [5.41, 5.74) is 2.91. The summed E-state index contributed by atoms with van der Waals surface area (Å²) >= 11 is 0. The van der Waals surface area contributed by atoms with Crippen molar-refractivity contribution in [3.63, 3.8) is 0 Å². The zero-order valence-corrected chi connectivity index (χ0v) is 20.4. The average molecular weight is 484 g/mol. The highest BCUT2D eigenvalue weighted by Crippen LogP contribution is 2.42. The van der Waals surface area contributed by atoms with Gasteiger partial charge < -0.3 is 19.9 Å². The van der Waals surface area contributed by atoms with E-state index in [0.29, 0.717) is 37.6 Å². The van der Waals surface area contributed by atoms with E-state index in [1.165, 1.54) is 29.7 Å². The van der Waals surface area contributed by atoms with Crippen LogP contribution in [0.4, 0.5) is 9.18 Å². The zero-order chi connectivity index (χ0) is 24.7. The van der Waals surface area contributed by atoms with Crippen molar-refractivity contribution >= 4 is 12.0 Å². The Bertz CT molecular complexity index is 1100. The molecule has 0 aliphatic carbocycles. The molecule has 2 saturated heterocycles. The summed E-state index contributed by atoms with van der Waals surface area (Å²) in [7, 11) is 0. The Morgan fingerprint density at radius 2 is 1.97 bits per heavy atom. The second-order valence-corrected chi connectivity index (χ2v) is 10.2. The van der Waals surface area contributed by atoms with Crippen LogP contribution in [0.1, 0.15) is 73.9 Å². The van der Waals surface area contributed by atoms with Gasteiger partial charge in [0.1, 0.15) is 11.6 Å². The first-order valence-electron chi connectivity index (χ1n) is 12.6. The first-order valence-corrected chi connectivity index (χ1v) is 12.6.